The van der Waals surface area contributed by atoms with Crippen LogP contribution in [0.5, 0.6) is 0 Å². The van der Waals surface area contributed by atoms with Gasteiger partial charge in [0, 0.05) is 26.4 Å². The second kappa shape index (κ2) is 6.11. The van der Waals surface area contributed by atoms with Crippen molar-refractivity contribution in [3.8, 4) is 22.5 Å². The molecule has 0 aliphatic rings. The van der Waals surface area contributed by atoms with E-state index in [1.54, 1.807) is 0 Å². The van der Waals surface area contributed by atoms with Crippen LogP contribution in [0.1, 0.15) is 0 Å². The minimum atomic E-state index is 0.830. The van der Waals surface area contributed by atoms with Crippen molar-refractivity contribution in [1.29, 1.82) is 0 Å². The maximum Gasteiger partial charge on any atom is 0.161 e. The molecular weight excluding hydrogens is 386 g/mol. The van der Waals surface area contributed by atoms with E-state index in [9.17, 15) is 0 Å². The van der Waals surface area contributed by atoms with Gasteiger partial charge in [-0.3, -0.25) is 0 Å². The van der Waals surface area contributed by atoms with Gasteiger partial charge in [0.2, 0.25) is 0 Å². The predicted octanol–water partition coefficient (Wildman–Crippen LogP) is 7.08. The number of nitrogens with zero attached hydrogens (tertiary/aromatic N) is 1. The maximum absolute atomic E-state index is 6.18. The first kappa shape index (κ1) is 15.4. The maximum atomic E-state index is 6.18. The molecular formula is C23H14BrNO. The highest BCUT2D eigenvalue weighted by molar-refractivity contribution is 9.10. The van der Waals surface area contributed by atoms with E-state index in [1.807, 2.05) is 48.5 Å². The molecule has 0 aliphatic carbocycles. The monoisotopic (exact) mass is 399 g/mol. The summed E-state index contributed by atoms with van der Waals surface area (Å²) in [4.78, 5) is 4.96. The molecule has 0 unspecified atom stereocenters. The molecule has 5 rings (SSSR count). The van der Waals surface area contributed by atoms with Crippen LogP contribution >= 0.6 is 15.9 Å². The standard InChI is InChI=1S/C23H14BrNO/c24-17-10-6-9-16(13-17)20-14-19-18-11-4-5-12-21(18)26-23(19)22(25-20)15-7-2-1-3-8-15/h1-14H. The summed E-state index contributed by atoms with van der Waals surface area (Å²) in [6, 6.07) is 28.7. The number of para-hydroxylation sites is 1. The van der Waals surface area contributed by atoms with E-state index in [-0.39, 0.29) is 0 Å². The highest BCUT2D eigenvalue weighted by atomic mass is 79.9. The van der Waals surface area contributed by atoms with Gasteiger partial charge in [-0.2, -0.15) is 0 Å². The van der Waals surface area contributed by atoms with Crippen LogP contribution in [0, 0.1) is 0 Å². The molecule has 2 aromatic heterocycles. The molecule has 26 heavy (non-hydrogen) atoms. The zero-order valence-corrected chi connectivity index (χ0v) is 15.4. The summed E-state index contributed by atoms with van der Waals surface area (Å²) < 4.78 is 7.22. The molecule has 0 saturated carbocycles. The molecule has 0 radical (unpaired) electrons. The lowest BCUT2D eigenvalue weighted by atomic mass is 10.0. The lowest BCUT2D eigenvalue weighted by Gasteiger charge is -2.07. The fourth-order valence-electron chi connectivity index (χ4n) is 3.31. The Balaban J connectivity index is 1.89. The molecule has 0 fully saturated rings. The molecule has 0 spiro atoms. The number of rotatable bonds is 2. The quantitative estimate of drug-likeness (QED) is 0.317. The van der Waals surface area contributed by atoms with Crippen LogP contribution in [-0.4, -0.2) is 4.98 Å². The van der Waals surface area contributed by atoms with E-state index >= 15 is 0 Å². The first-order valence-corrected chi connectivity index (χ1v) is 9.22. The molecule has 2 nitrogen and oxygen atoms in total. The number of aromatic nitrogens is 1. The van der Waals surface area contributed by atoms with Crippen LogP contribution in [0.2, 0.25) is 0 Å². The van der Waals surface area contributed by atoms with E-state index < -0.39 is 0 Å². The predicted molar refractivity (Wildman–Crippen MR) is 110 cm³/mol. The largest absolute Gasteiger partial charge is 0.454 e. The summed E-state index contributed by atoms with van der Waals surface area (Å²) in [5.74, 6) is 0. The second-order valence-corrected chi connectivity index (χ2v) is 7.12. The van der Waals surface area contributed by atoms with Crippen LogP contribution in [0.25, 0.3) is 44.5 Å². The van der Waals surface area contributed by atoms with Crippen molar-refractivity contribution >= 4 is 37.9 Å². The van der Waals surface area contributed by atoms with Crippen molar-refractivity contribution in [1.82, 2.24) is 4.98 Å². The Morgan fingerprint density at radius 3 is 2.31 bits per heavy atom. The van der Waals surface area contributed by atoms with E-state index in [0.717, 1.165) is 48.9 Å². The van der Waals surface area contributed by atoms with Crippen molar-refractivity contribution in [3.63, 3.8) is 0 Å². The average molecular weight is 400 g/mol. The Morgan fingerprint density at radius 2 is 1.46 bits per heavy atom. The van der Waals surface area contributed by atoms with Gasteiger partial charge in [-0.05, 0) is 24.3 Å². The van der Waals surface area contributed by atoms with Gasteiger partial charge in [-0.25, -0.2) is 4.98 Å². The van der Waals surface area contributed by atoms with Crippen LogP contribution < -0.4 is 0 Å². The van der Waals surface area contributed by atoms with Crippen LogP contribution in [0.3, 0.4) is 0 Å². The van der Waals surface area contributed by atoms with Crippen LogP contribution in [0.4, 0.5) is 0 Å². The van der Waals surface area contributed by atoms with Gasteiger partial charge in [0.05, 0.1) is 5.69 Å². The molecule has 0 N–H and O–H groups in total. The van der Waals surface area contributed by atoms with Gasteiger partial charge < -0.3 is 4.42 Å². The number of benzene rings is 3. The number of pyridine rings is 1. The van der Waals surface area contributed by atoms with Crippen molar-refractivity contribution in [2.75, 3.05) is 0 Å². The molecule has 0 atom stereocenters. The lowest BCUT2D eigenvalue weighted by Crippen LogP contribution is -1.89. The van der Waals surface area contributed by atoms with Gasteiger partial charge in [0.25, 0.3) is 0 Å². The molecule has 0 amide bonds. The summed E-state index contributed by atoms with van der Waals surface area (Å²) in [5, 5.41) is 2.20. The molecule has 124 valence electrons. The van der Waals surface area contributed by atoms with Gasteiger partial charge in [-0.1, -0.05) is 76.6 Å². The summed E-state index contributed by atoms with van der Waals surface area (Å²) >= 11 is 3.56. The van der Waals surface area contributed by atoms with E-state index in [2.05, 4.69) is 52.3 Å². The minimum absolute atomic E-state index is 0.830. The highest BCUT2D eigenvalue weighted by Gasteiger charge is 2.16. The Bertz CT molecular complexity index is 1240. The first-order valence-electron chi connectivity index (χ1n) is 8.43. The summed E-state index contributed by atoms with van der Waals surface area (Å²) in [5.41, 5.74) is 5.64. The van der Waals surface area contributed by atoms with Crippen molar-refractivity contribution in [2.45, 2.75) is 0 Å². The smallest absolute Gasteiger partial charge is 0.161 e. The molecule has 0 aliphatic heterocycles. The second-order valence-electron chi connectivity index (χ2n) is 6.21. The topological polar surface area (TPSA) is 26.0 Å². The third-order valence-corrected chi connectivity index (χ3v) is 5.02. The number of hydrogen-bond acceptors (Lipinski definition) is 2. The average Bonchev–Trinajstić information content (AvgIpc) is 3.06. The van der Waals surface area contributed by atoms with Gasteiger partial charge in [0.1, 0.15) is 11.3 Å². The van der Waals surface area contributed by atoms with Crippen molar-refractivity contribution < 1.29 is 4.42 Å². The summed E-state index contributed by atoms with van der Waals surface area (Å²) in [6.45, 7) is 0. The normalized spacial score (nSPS) is 11.3. The number of halogens is 1. The third kappa shape index (κ3) is 2.52. The molecule has 3 heteroatoms. The van der Waals surface area contributed by atoms with E-state index in [4.69, 9.17) is 9.40 Å². The van der Waals surface area contributed by atoms with Crippen LogP contribution in [-0.2, 0) is 0 Å². The molecule has 5 aromatic rings. The Morgan fingerprint density at radius 1 is 0.692 bits per heavy atom. The third-order valence-electron chi connectivity index (χ3n) is 4.53. The Kier molecular flexibility index (Phi) is 3.61. The summed E-state index contributed by atoms with van der Waals surface area (Å²) in [7, 11) is 0. The van der Waals surface area contributed by atoms with Crippen molar-refractivity contribution in [2.24, 2.45) is 0 Å². The molecule has 2 heterocycles. The van der Waals surface area contributed by atoms with Gasteiger partial charge in [-0.15, -0.1) is 0 Å². The Labute approximate surface area is 159 Å². The summed E-state index contributed by atoms with van der Waals surface area (Å²) in [6.07, 6.45) is 0. The molecule has 3 aromatic carbocycles. The van der Waals surface area contributed by atoms with Crippen LogP contribution in [0.15, 0.2) is 93.8 Å². The fraction of sp³-hybridized carbons (Fsp3) is 0. The Hall–Kier alpha value is -2.91. The van der Waals surface area contributed by atoms with Gasteiger partial charge >= 0.3 is 0 Å². The van der Waals surface area contributed by atoms with E-state index in [1.165, 1.54) is 0 Å². The number of fused-ring (bicyclic) bond motifs is 3. The molecule has 0 bridgehead atoms. The molecule has 0 saturated heterocycles. The van der Waals surface area contributed by atoms with E-state index in [0.29, 0.717) is 0 Å². The number of furan rings is 1. The lowest BCUT2D eigenvalue weighted by molar-refractivity contribution is 0.668. The van der Waals surface area contributed by atoms with Crippen molar-refractivity contribution in [3.05, 3.63) is 89.4 Å². The minimum Gasteiger partial charge on any atom is -0.454 e. The highest BCUT2D eigenvalue weighted by Crippen LogP contribution is 2.37. The van der Waals surface area contributed by atoms with Gasteiger partial charge in [0.15, 0.2) is 5.58 Å². The number of hydrogen-bond donors (Lipinski definition) is 0. The first-order chi connectivity index (χ1) is 12.8. The zero-order valence-electron chi connectivity index (χ0n) is 13.8. The zero-order chi connectivity index (χ0) is 17.5. The SMILES string of the molecule is Brc1cccc(-c2cc3c(oc4ccccc43)c(-c3ccccc3)n2)c1. The fourth-order valence-corrected chi connectivity index (χ4v) is 3.71.